The third-order valence-electron chi connectivity index (χ3n) is 6.46. The van der Waals surface area contributed by atoms with Crippen LogP contribution in [0.5, 0.6) is 0 Å². The van der Waals surface area contributed by atoms with Crippen molar-refractivity contribution in [2.24, 2.45) is 5.92 Å². The number of carbonyl (C=O) groups is 2. The number of hydrogen-bond donors (Lipinski definition) is 2. The summed E-state index contributed by atoms with van der Waals surface area (Å²) in [7, 11) is 0. The van der Waals surface area contributed by atoms with Crippen LogP contribution in [0.3, 0.4) is 0 Å². The van der Waals surface area contributed by atoms with E-state index in [2.05, 4.69) is 25.5 Å². The molecule has 0 spiro atoms. The summed E-state index contributed by atoms with van der Waals surface area (Å²) in [5.74, 6) is 1.34. The van der Waals surface area contributed by atoms with E-state index in [4.69, 9.17) is 0 Å². The number of nitrogens with zero attached hydrogens (tertiary/aromatic N) is 4. The highest BCUT2D eigenvalue weighted by atomic mass is 16.2. The van der Waals surface area contributed by atoms with Crippen molar-refractivity contribution < 1.29 is 9.59 Å². The number of amides is 2. The first-order valence-electron chi connectivity index (χ1n) is 10.9. The van der Waals surface area contributed by atoms with Crippen LogP contribution in [0.4, 0.5) is 0 Å². The van der Waals surface area contributed by atoms with E-state index < -0.39 is 0 Å². The van der Waals surface area contributed by atoms with Gasteiger partial charge >= 0.3 is 0 Å². The van der Waals surface area contributed by atoms with Gasteiger partial charge in [-0.1, -0.05) is 18.9 Å². The number of aryl methyl sites for hydroxylation is 1. The number of pyridine rings is 1. The third kappa shape index (κ3) is 3.89. The predicted molar refractivity (Wildman–Crippen MR) is 115 cm³/mol. The minimum absolute atomic E-state index is 0.0550. The van der Waals surface area contributed by atoms with E-state index in [1.54, 1.807) is 11.1 Å². The maximum Gasteiger partial charge on any atom is 0.253 e. The normalized spacial score (nSPS) is 21.6. The summed E-state index contributed by atoms with van der Waals surface area (Å²) in [6.07, 6.45) is 5.83. The molecule has 2 atom stereocenters. The summed E-state index contributed by atoms with van der Waals surface area (Å²) in [6.45, 7) is 2.76. The lowest BCUT2D eigenvalue weighted by atomic mass is 10.0. The van der Waals surface area contributed by atoms with Gasteiger partial charge in [0.05, 0.1) is 17.5 Å². The van der Waals surface area contributed by atoms with Crippen LogP contribution in [0.1, 0.15) is 53.6 Å². The van der Waals surface area contributed by atoms with Crippen molar-refractivity contribution >= 4 is 22.7 Å². The lowest BCUT2D eigenvalue weighted by Crippen LogP contribution is -2.43. The number of rotatable bonds is 4. The van der Waals surface area contributed by atoms with Crippen LogP contribution < -0.4 is 5.32 Å². The van der Waals surface area contributed by atoms with E-state index in [1.807, 2.05) is 37.3 Å². The van der Waals surface area contributed by atoms with Crippen molar-refractivity contribution in [2.45, 2.75) is 44.6 Å². The Morgan fingerprint density at radius 3 is 2.77 bits per heavy atom. The second-order valence-corrected chi connectivity index (χ2v) is 8.60. The van der Waals surface area contributed by atoms with Crippen LogP contribution in [0.25, 0.3) is 10.9 Å². The number of H-pyrrole nitrogens is 1. The van der Waals surface area contributed by atoms with Gasteiger partial charge < -0.3 is 10.2 Å². The van der Waals surface area contributed by atoms with E-state index in [0.29, 0.717) is 24.5 Å². The molecule has 2 aliphatic rings. The number of carbonyl (C=O) groups excluding carboxylic acids is 2. The molecule has 8 heteroatoms. The van der Waals surface area contributed by atoms with Crippen LogP contribution >= 0.6 is 0 Å². The largest absolute Gasteiger partial charge is 0.351 e. The standard InChI is InChI=1S/C23H26N6O2/c1-14-25-21(28-27-14)18-12-29(13-20(18)26-22(30)15-5-2-3-6-15)23(31)17-8-9-19-16(11-17)7-4-10-24-19/h4,7-11,15,18,20H,2-3,5-6,12-13H2,1H3,(H,26,30)(H,25,27,28)/t18-,20-/m1/s1. The fraction of sp³-hybridized carbons (Fsp3) is 0.435. The predicted octanol–water partition coefficient (Wildman–Crippen LogP) is 2.58. The van der Waals surface area contributed by atoms with Gasteiger partial charge in [-0.25, -0.2) is 4.98 Å². The maximum absolute atomic E-state index is 13.3. The molecule has 0 bridgehead atoms. The quantitative estimate of drug-likeness (QED) is 0.678. The highest BCUT2D eigenvalue weighted by molar-refractivity contribution is 5.98. The zero-order valence-corrected chi connectivity index (χ0v) is 17.5. The molecule has 160 valence electrons. The molecule has 2 amide bonds. The molecule has 1 saturated carbocycles. The maximum atomic E-state index is 13.3. The van der Waals surface area contributed by atoms with Gasteiger partial charge in [0.2, 0.25) is 5.91 Å². The summed E-state index contributed by atoms with van der Waals surface area (Å²) in [5.41, 5.74) is 1.48. The summed E-state index contributed by atoms with van der Waals surface area (Å²) in [6, 6.07) is 9.17. The van der Waals surface area contributed by atoms with Gasteiger partial charge in [0.15, 0.2) is 5.82 Å². The van der Waals surface area contributed by atoms with Gasteiger partial charge in [0.1, 0.15) is 5.82 Å². The summed E-state index contributed by atoms with van der Waals surface area (Å²) in [4.78, 5) is 36.7. The van der Waals surface area contributed by atoms with Gasteiger partial charge in [0.25, 0.3) is 5.91 Å². The third-order valence-corrected chi connectivity index (χ3v) is 6.46. The van der Waals surface area contributed by atoms with Crippen LogP contribution in [-0.4, -0.2) is 56.0 Å². The Morgan fingerprint density at radius 2 is 2.00 bits per heavy atom. The number of nitrogens with one attached hydrogen (secondary N) is 2. The van der Waals surface area contributed by atoms with E-state index in [9.17, 15) is 9.59 Å². The number of likely N-dealkylation sites (tertiary alicyclic amines) is 1. The van der Waals surface area contributed by atoms with Gasteiger partial charge in [-0.15, -0.1) is 0 Å². The molecule has 2 N–H and O–H groups in total. The average molecular weight is 419 g/mol. The second kappa shape index (κ2) is 8.09. The molecule has 3 heterocycles. The Labute approximate surface area is 180 Å². The number of benzene rings is 1. The number of aromatic amines is 1. The summed E-state index contributed by atoms with van der Waals surface area (Å²) >= 11 is 0. The first kappa shape index (κ1) is 19.7. The van der Waals surface area contributed by atoms with Crippen molar-refractivity contribution in [1.82, 2.24) is 30.4 Å². The lowest BCUT2D eigenvalue weighted by molar-refractivity contribution is -0.125. The average Bonchev–Trinajstić information content (AvgIpc) is 3.54. The minimum atomic E-state index is -0.200. The van der Waals surface area contributed by atoms with Crippen molar-refractivity contribution in [3.8, 4) is 0 Å². The van der Waals surface area contributed by atoms with Gasteiger partial charge in [-0.05, 0) is 44.0 Å². The molecular weight excluding hydrogens is 392 g/mol. The van der Waals surface area contributed by atoms with Gasteiger partial charge in [-0.2, -0.15) is 5.10 Å². The van der Waals surface area contributed by atoms with E-state index in [-0.39, 0.29) is 29.7 Å². The molecule has 0 radical (unpaired) electrons. The Hall–Kier alpha value is -3.29. The summed E-state index contributed by atoms with van der Waals surface area (Å²) in [5, 5.41) is 11.4. The smallest absolute Gasteiger partial charge is 0.253 e. The zero-order chi connectivity index (χ0) is 21.4. The molecule has 2 fully saturated rings. The Morgan fingerprint density at radius 1 is 1.16 bits per heavy atom. The molecule has 3 aromatic rings. The minimum Gasteiger partial charge on any atom is -0.351 e. The van der Waals surface area contributed by atoms with Crippen molar-refractivity contribution in [1.29, 1.82) is 0 Å². The molecule has 5 rings (SSSR count). The monoisotopic (exact) mass is 418 g/mol. The first-order chi connectivity index (χ1) is 15.1. The molecule has 0 unspecified atom stereocenters. The Bertz CT molecular complexity index is 1120. The SMILES string of the molecule is Cc1nc([C@@H]2CN(C(=O)c3ccc4ncccc4c3)C[C@H]2NC(=O)C2CCCC2)n[nH]1. The Balaban J connectivity index is 1.38. The second-order valence-electron chi connectivity index (χ2n) is 8.60. The van der Waals surface area contributed by atoms with Gasteiger partial charge in [-0.3, -0.25) is 19.7 Å². The van der Waals surface area contributed by atoms with Crippen LogP contribution in [-0.2, 0) is 4.79 Å². The van der Waals surface area contributed by atoms with Crippen molar-refractivity contribution in [3.63, 3.8) is 0 Å². The molecule has 1 aliphatic heterocycles. The van der Waals surface area contributed by atoms with E-state index in [1.165, 1.54) is 0 Å². The fourth-order valence-corrected chi connectivity index (χ4v) is 4.78. The first-order valence-corrected chi connectivity index (χ1v) is 10.9. The fourth-order valence-electron chi connectivity index (χ4n) is 4.78. The van der Waals surface area contributed by atoms with Crippen molar-refractivity contribution in [3.05, 3.63) is 53.7 Å². The number of hydrogen-bond acceptors (Lipinski definition) is 5. The lowest BCUT2D eigenvalue weighted by Gasteiger charge is -2.20. The molecule has 1 aliphatic carbocycles. The highest BCUT2D eigenvalue weighted by Gasteiger charge is 2.40. The van der Waals surface area contributed by atoms with E-state index >= 15 is 0 Å². The van der Waals surface area contributed by atoms with Gasteiger partial charge in [0, 0.05) is 36.2 Å². The number of fused-ring (bicyclic) bond motifs is 1. The zero-order valence-electron chi connectivity index (χ0n) is 17.5. The molecule has 2 aromatic heterocycles. The van der Waals surface area contributed by atoms with Crippen molar-refractivity contribution in [2.75, 3.05) is 13.1 Å². The summed E-state index contributed by atoms with van der Waals surface area (Å²) < 4.78 is 0. The van der Waals surface area contributed by atoms with E-state index in [0.717, 1.165) is 42.4 Å². The molecule has 1 aromatic carbocycles. The van der Waals surface area contributed by atoms with Crippen LogP contribution in [0.15, 0.2) is 36.5 Å². The number of aromatic nitrogens is 4. The molecular formula is C23H26N6O2. The molecule has 1 saturated heterocycles. The molecule has 8 nitrogen and oxygen atoms in total. The van der Waals surface area contributed by atoms with Crippen LogP contribution in [0.2, 0.25) is 0 Å². The molecule has 31 heavy (non-hydrogen) atoms. The highest BCUT2D eigenvalue weighted by Crippen LogP contribution is 2.30. The topological polar surface area (TPSA) is 104 Å². The van der Waals surface area contributed by atoms with Crippen LogP contribution in [0, 0.1) is 12.8 Å². The Kier molecular flexibility index (Phi) is 5.13.